The van der Waals surface area contributed by atoms with Crippen molar-refractivity contribution in [3.05, 3.63) is 125 Å². The molecule has 1 amide bonds. The zero-order valence-corrected chi connectivity index (χ0v) is 22.0. The van der Waals surface area contributed by atoms with Gasteiger partial charge in [-0.25, -0.2) is 4.99 Å². The highest BCUT2D eigenvalue weighted by molar-refractivity contribution is 9.10. The van der Waals surface area contributed by atoms with Crippen molar-refractivity contribution in [1.29, 1.82) is 0 Å². The fourth-order valence-electron chi connectivity index (χ4n) is 4.14. The van der Waals surface area contributed by atoms with Gasteiger partial charge in [0.05, 0.1) is 29.0 Å². The predicted molar refractivity (Wildman–Crippen MR) is 146 cm³/mol. The summed E-state index contributed by atoms with van der Waals surface area (Å²) in [5.74, 6) is 0.392. The third kappa shape index (κ3) is 4.69. The van der Waals surface area contributed by atoms with Crippen LogP contribution < -0.4 is 24.9 Å². The van der Waals surface area contributed by atoms with E-state index in [9.17, 15) is 9.59 Å². The van der Waals surface area contributed by atoms with E-state index in [2.05, 4.69) is 26.2 Å². The number of aromatic nitrogens is 1. The zero-order valence-electron chi connectivity index (χ0n) is 19.6. The van der Waals surface area contributed by atoms with Gasteiger partial charge >= 0.3 is 0 Å². The smallest absolute Gasteiger partial charge is 0.271 e. The molecule has 4 aromatic rings. The molecule has 0 saturated heterocycles. The monoisotopic (exact) mass is 559 g/mol. The van der Waals surface area contributed by atoms with Gasteiger partial charge in [0, 0.05) is 10.2 Å². The van der Waals surface area contributed by atoms with E-state index in [1.54, 1.807) is 11.7 Å². The Morgan fingerprint density at radius 1 is 1.06 bits per heavy atom. The third-order valence-corrected chi connectivity index (χ3v) is 7.41. The van der Waals surface area contributed by atoms with Crippen LogP contribution in [0.15, 0.2) is 104 Å². The third-order valence-electron chi connectivity index (χ3n) is 5.90. The second-order valence-electron chi connectivity index (χ2n) is 8.23. The number of anilines is 1. The standard InChI is InChI=1S/C28H22BrN3O3S/c1-17-24(26(33)31-21-6-4-3-5-7-21)25(19-10-14-22(35-2)15-11-19)32-27(34)23(36-28(32)30-17)16-18-8-12-20(29)13-9-18/h3-16,25H,1-2H3,(H,31,33)/b23-16+/t25-/m1/s1. The molecule has 6 nitrogen and oxygen atoms in total. The fourth-order valence-corrected chi connectivity index (χ4v) is 5.45. The SMILES string of the molecule is COc1ccc([C@@H]2C(C(=O)Nc3ccccc3)=C(C)N=c3s/c(=C/c4ccc(Br)cc4)c(=O)n32)cc1. The minimum Gasteiger partial charge on any atom is -0.497 e. The maximum Gasteiger partial charge on any atom is 0.271 e. The molecule has 0 bridgehead atoms. The normalized spacial score (nSPS) is 15.3. The Hall–Kier alpha value is -3.75. The van der Waals surface area contributed by atoms with Crippen LogP contribution in [0.4, 0.5) is 5.69 Å². The number of rotatable bonds is 5. The second kappa shape index (κ2) is 10.1. The van der Waals surface area contributed by atoms with Crippen molar-refractivity contribution in [2.45, 2.75) is 13.0 Å². The molecule has 0 unspecified atom stereocenters. The van der Waals surface area contributed by atoms with Crippen LogP contribution >= 0.6 is 27.3 Å². The lowest BCUT2D eigenvalue weighted by Gasteiger charge is -2.25. The number of hydrogen-bond acceptors (Lipinski definition) is 5. The molecule has 8 heteroatoms. The molecule has 1 aliphatic heterocycles. The maximum absolute atomic E-state index is 13.7. The Morgan fingerprint density at radius 3 is 2.42 bits per heavy atom. The van der Waals surface area contributed by atoms with Gasteiger partial charge in [-0.05, 0) is 60.5 Å². The predicted octanol–water partition coefficient (Wildman–Crippen LogP) is 4.65. The number of methoxy groups -OCH3 is 1. The van der Waals surface area contributed by atoms with Crippen LogP contribution in [0.5, 0.6) is 5.75 Å². The number of thiazole rings is 1. The lowest BCUT2D eigenvalue weighted by atomic mass is 9.95. The van der Waals surface area contributed by atoms with Crippen LogP contribution in [0.1, 0.15) is 24.1 Å². The number of nitrogens with zero attached hydrogens (tertiary/aromatic N) is 2. The van der Waals surface area contributed by atoms with Gasteiger partial charge < -0.3 is 10.1 Å². The number of nitrogens with one attached hydrogen (secondary N) is 1. The van der Waals surface area contributed by atoms with Crippen molar-refractivity contribution in [1.82, 2.24) is 4.57 Å². The number of allylic oxidation sites excluding steroid dienone is 1. The van der Waals surface area contributed by atoms with E-state index in [0.29, 0.717) is 32.0 Å². The van der Waals surface area contributed by atoms with Gasteiger partial charge in [-0.3, -0.25) is 14.2 Å². The molecule has 0 spiro atoms. The molecule has 5 rings (SSSR count). The number of halogens is 1. The molecule has 1 atom stereocenters. The molecule has 1 aliphatic rings. The number of amides is 1. The summed E-state index contributed by atoms with van der Waals surface area (Å²) in [6.45, 7) is 1.81. The van der Waals surface area contributed by atoms with Gasteiger partial charge in [0.1, 0.15) is 5.75 Å². The molecule has 0 saturated carbocycles. The van der Waals surface area contributed by atoms with Crippen molar-refractivity contribution in [3.63, 3.8) is 0 Å². The Morgan fingerprint density at radius 2 is 1.75 bits per heavy atom. The summed E-state index contributed by atoms with van der Waals surface area (Å²) in [5, 5.41) is 2.96. The minimum atomic E-state index is -0.636. The number of para-hydroxylation sites is 1. The van der Waals surface area contributed by atoms with Crippen molar-refractivity contribution < 1.29 is 9.53 Å². The van der Waals surface area contributed by atoms with Crippen LogP contribution in [0.3, 0.4) is 0 Å². The number of benzene rings is 3. The summed E-state index contributed by atoms with van der Waals surface area (Å²) in [4.78, 5) is 32.5. The van der Waals surface area contributed by atoms with Crippen molar-refractivity contribution in [2.75, 3.05) is 12.4 Å². The largest absolute Gasteiger partial charge is 0.497 e. The highest BCUT2D eigenvalue weighted by Gasteiger charge is 2.32. The first kappa shape index (κ1) is 24.0. The number of carbonyl (C=O) groups is 1. The van der Waals surface area contributed by atoms with Crippen LogP contribution in [0.2, 0.25) is 0 Å². The fraction of sp³-hybridized carbons (Fsp3) is 0.107. The maximum atomic E-state index is 13.7. The van der Waals surface area contributed by atoms with Crippen LogP contribution in [-0.4, -0.2) is 17.6 Å². The van der Waals surface area contributed by atoms with Gasteiger partial charge in [0.2, 0.25) is 0 Å². The van der Waals surface area contributed by atoms with Gasteiger partial charge in [-0.15, -0.1) is 0 Å². The Kier molecular flexibility index (Phi) is 6.71. The zero-order chi connectivity index (χ0) is 25.2. The summed E-state index contributed by atoms with van der Waals surface area (Å²) < 4.78 is 8.45. The first-order valence-electron chi connectivity index (χ1n) is 11.2. The summed E-state index contributed by atoms with van der Waals surface area (Å²) in [6, 6.07) is 23.8. The average Bonchev–Trinajstić information content (AvgIpc) is 3.19. The minimum absolute atomic E-state index is 0.194. The quantitative estimate of drug-likeness (QED) is 0.387. The molecule has 2 heterocycles. The average molecular weight is 560 g/mol. The van der Waals surface area contributed by atoms with E-state index < -0.39 is 6.04 Å². The van der Waals surface area contributed by atoms with E-state index in [0.717, 1.165) is 15.6 Å². The van der Waals surface area contributed by atoms with Gasteiger partial charge in [-0.2, -0.15) is 0 Å². The number of hydrogen-bond donors (Lipinski definition) is 1. The van der Waals surface area contributed by atoms with Gasteiger partial charge in [-0.1, -0.05) is 69.7 Å². The van der Waals surface area contributed by atoms with Crippen molar-refractivity contribution >= 4 is 44.9 Å². The van der Waals surface area contributed by atoms with E-state index in [1.165, 1.54) is 11.3 Å². The van der Waals surface area contributed by atoms with Crippen LogP contribution in [0, 0.1) is 0 Å². The molecule has 1 N–H and O–H groups in total. The molecule has 3 aromatic carbocycles. The number of ether oxygens (including phenoxy) is 1. The first-order chi connectivity index (χ1) is 17.4. The van der Waals surface area contributed by atoms with Gasteiger partial charge in [0.15, 0.2) is 4.80 Å². The van der Waals surface area contributed by atoms with Crippen molar-refractivity contribution in [3.8, 4) is 5.75 Å². The topological polar surface area (TPSA) is 72.7 Å². The highest BCUT2D eigenvalue weighted by Crippen LogP contribution is 2.31. The first-order valence-corrected chi connectivity index (χ1v) is 12.8. The highest BCUT2D eigenvalue weighted by atomic mass is 79.9. The molecule has 1 aromatic heterocycles. The summed E-state index contributed by atoms with van der Waals surface area (Å²) in [6.07, 6.45) is 1.85. The summed E-state index contributed by atoms with van der Waals surface area (Å²) in [5.41, 5.74) is 3.16. The molecule has 0 fully saturated rings. The lowest BCUT2D eigenvalue weighted by molar-refractivity contribution is -0.113. The Labute approximate surface area is 220 Å². The summed E-state index contributed by atoms with van der Waals surface area (Å²) in [7, 11) is 1.60. The van der Waals surface area contributed by atoms with Gasteiger partial charge in [0.25, 0.3) is 11.5 Å². The molecular formula is C28H22BrN3O3S. The van der Waals surface area contributed by atoms with Crippen LogP contribution in [-0.2, 0) is 4.79 Å². The second-order valence-corrected chi connectivity index (χ2v) is 10.2. The number of fused-ring (bicyclic) bond motifs is 1. The van der Waals surface area contributed by atoms with E-state index >= 15 is 0 Å². The molecule has 36 heavy (non-hydrogen) atoms. The van der Waals surface area contributed by atoms with E-state index in [-0.39, 0.29) is 11.5 Å². The van der Waals surface area contributed by atoms with E-state index in [4.69, 9.17) is 4.74 Å². The molecule has 0 aliphatic carbocycles. The Bertz CT molecular complexity index is 1640. The molecule has 180 valence electrons. The number of carbonyl (C=O) groups excluding carboxylic acids is 1. The lowest BCUT2D eigenvalue weighted by Crippen LogP contribution is -2.40. The molecule has 0 radical (unpaired) electrons. The summed E-state index contributed by atoms with van der Waals surface area (Å²) >= 11 is 4.76. The van der Waals surface area contributed by atoms with Crippen LogP contribution in [0.25, 0.3) is 6.08 Å². The van der Waals surface area contributed by atoms with Crippen molar-refractivity contribution in [2.24, 2.45) is 4.99 Å². The Balaban J connectivity index is 1.67. The van der Waals surface area contributed by atoms with E-state index in [1.807, 2.05) is 91.9 Å². The molecular weight excluding hydrogens is 538 g/mol.